The molecule has 1 aliphatic carbocycles. The van der Waals surface area contributed by atoms with Gasteiger partial charge >= 0.3 is 142 Å². The monoisotopic (exact) mass is 430 g/mol. The van der Waals surface area contributed by atoms with Crippen molar-refractivity contribution in [3.63, 3.8) is 0 Å². The fourth-order valence-corrected chi connectivity index (χ4v) is 7.13. The van der Waals surface area contributed by atoms with Crippen LogP contribution in [0.15, 0.2) is 48.5 Å². The third kappa shape index (κ3) is 4.58. The third-order valence-electron chi connectivity index (χ3n) is 4.56. The summed E-state index contributed by atoms with van der Waals surface area (Å²) < 4.78 is 0.271. The largest absolute Gasteiger partial charge is 1.00 e. The van der Waals surface area contributed by atoms with E-state index in [0.717, 1.165) is 12.8 Å². The van der Waals surface area contributed by atoms with Gasteiger partial charge in [-0.3, -0.25) is 0 Å². The first-order valence-corrected chi connectivity index (χ1v) is 10.0. The van der Waals surface area contributed by atoms with Crippen LogP contribution in [-0.2, 0) is 36.6 Å². The smallest absolute Gasteiger partial charge is 1.00 e. The number of benzene rings is 2. The van der Waals surface area contributed by atoms with Crippen LogP contribution in [0.3, 0.4) is 0 Å². The van der Waals surface area contributed by atoms with Crippen molar-refractivity contribution in [3.05, 3.63) is 70.8 Å². The maximum atomic E-state index is 2.45. The second kappa shape index (κ2) is 10.2. The van der Waals surface area contributed by atoms with Gasteiger partial charge < -0.3 is 37.2 Å². The van der Waals surface area contributed by atoms with E-state index in [9.17, 15) is 0 Å². The zero-order chi connectivity index (χ0) is 14.9. The summed E-state index contributed by atoms with van der Waals surface area (Å²) in [4.78, 5) is 0. The van der Waals surface area contributed by atoms with Crippen molar-refractivity contribution in [2.75, 3.05) is 0 Å². The molecule has 0 radical (unpaired) electrons. The van der Waals surface area contributed by atoms with E-state index in [1.165, 1.54) is 11.1 Å². The van der Waals surface area contributed by atoms with E-state index in [4.69, 9.17) is 0 Å². The first-order valence-electron chi connectivity index (χ1n) is 7.81. The van der Waals surface area contributed by atoms with E-state index in [0.29, 0.717) is 0 Å². The molecule has 1 atom stereocenters. The Kier molecular flexibility index (Phi) is 10.2. The van der Waals surface area contributed by atoms with Gasteiger partial charge in [0, 0.05) is 0 Å². The Balaban J connectivity index is 0.00000176. The summed E-state index contributed by atoms with van der Waals surface area (Å²) in [6.45, 7) is 4.57. The van der Waals surface area contributed by atoms with E-state index < -0.39 is 9.52 Å². The number of hydrogen-bond donors (Lipinski definition) is 0. The van der Waals surface area contributed by atoms with Crippen LogP contribution < -0.4 is 42.4 Å². The summed E-state index contributed by atoms with van der Waals surface area (Å²) in [5, 5.41) is 1.65. The SMILES string of the molecule is CCc1cccc([SiH2][C]2([Ti+3])C=Cc3ccccc32)c1CC.[Cl-].[Cl-].[Cl-]. The van der Waals surface area contributed by atoms with Crippen LogP contribution in [-0.4, -0.2) is 9.52 Å². The number of aryl methyl sites for hydroxylation is 1. The number of halogens is 3. The van der Waals surface area contributed by atoms with Crippen LogP contribution in [0.25, 0.3) is 6.08 Å². The van der Waals surface area contributed by atoms with Crippen LogP contribution in [0, 0.1) is 0 Å². The number of rotatable bonds is 4. The molecule has 0 heterocycles. The summed E-state index contributed by atoms with van der Waals surface area (Å²) >= 11 is 2.43. The van der Waals surface area contributed by atoms with Gasteiger partial charge in [-0.1, -0.05) is 0 Å². The molecule has 0 aliphatic heterocycles. The molecule has 24 heavy (non-hydrogen) atoms. The second-order valence-electron chi connectivity index (χ2n) is 5.83. The minimum absolute atomic E-state index is 0. The molecule has 126 valence electrons. The summed E-state index contributed by atoms with van der Waals surface area (Å²) in [6, 6.07) is 15.8. The number of hydrogen-bond acceptors (Lipinski definition) is 0. The van der Waals surface area contributed by atoms with Crippen LogP contribution in [0.2, 0.25) is 0 Å². The molecular weight excluding hydrogens is 411 g/mol. The molecule has 0 saturated carbocycles. The molecule has 0 N–H and O–H groups in total. The van der Waals surface area contributed by atoms with Crippen molar-refractivity contribution in [1.82, 2.24) is 0 Å². The van der Waals surface area contributed by atoms with Crippen molar-refractivity contribution in [2.45, 2.75) is 30.0 Å². The van der Waals surface area contributed by atoms with E-state index in [1.54, 1.807) is 16.3 Å². The first kappa shape index (κ1) is 24.0. The standard InChI is InChI=1S/C19H21Si.3ClH.Ti/c1-3-14-9-7-11-18(16(14)4-2)20-19-13-12-15-8-5-6-10-17(15)19;;;;/h5-13H,3-4,20H2,1-2H3;3*1H;/q;;;;+3/p-3. The molecule has 2 aromatic rings. The third-order valence-corrected chi connectivity index (χ3v) is 8.29. The molecule has 0 saturated heterocycles. The molecule has 1 aliphatic rings. The Morgan fingerprint density at radius 2 is 1.62 bits per heavy atom. The average Bonchev–Trinajstić information content (AvgIpc) is 2.85. The van der Waals surface area contributed by atoms with E-state index in [2.05, 4.69) is 88.9 Å². The summed E-state index contributed by atoms with van der Waals surface area (Å²) in [7, 11) is -0.398. The maximum absolute atomic E-state index is 2.45. The first-order chi connectivity index (χ1) is 10.2. The Hall–Kier alpha value is -0.0188. The van der Waals surface area contributed by atoms with E-state index in [-0.39, 0.29) is 40.6 Å². The van der Waals surface area contributed by atoms with Crippen LogP contribution in [0.4, 0.5) is 0 Å². The van der Waals surface area contributed by atoms with Gasteiger partial charge in [-0.15, -0.1) is 0 Å². The fourth-order valence-electron chi connectivity index (χ4n) is 3.46. The number of allylic oxidation sites excluding steroid dienone is 1. The van der Waals surface area contributed by atoms with Crippen LogP contribution in [0.1, 0.15) is 36.1 Å². The Morgan fingerprint density at radius 1 is 0.917 bits per heavy atom. The minimum atomic E-state index is -0.398. The van der Waals surface area contributed by atoms with Gasteiger partial charge in [-0.05, 0) is 0 Å². The van der Waals surface area contributed by atoms with Crippen molar-refractivity contribution in [3.8, 4) is 0 Å². The zero-order valence-corrected chi connectivity index (χ0v) is 19.2. The molecular formula is C19H21Cl3SiTi. The predicted molar refractivity (Wildman–Crippen MR) is 90.5 cm³/mol. The second-order valence-corrected chi connectivity index (χ2v) is 10.6. The van der Waals surface area contributed by atoms with Crippen LogP contribution >= 0.6 is 0 Å². The van der Waals surface area contributed by atoms with Gasteiger partial charge in [-0.2, -0.15) is 0 Å². The predicted octanol–water partition coefficient (Wildman–Crippen LogP) is -5.96. The normalized spacial score (nSPS) is 17.8. The molecule has 2 aromatic carbocycles. The molecule has 0 spiro atoms. The van der Waals surface area contributed by atoms with Gasteiger partial charge in [0.15, 0.2) is 0 Å². The minimum Gasteiger partial charge on any atom is -1.00 e. The molecule has 5 heteroatoms. The summed E-state index contributed by atoms with van der Waals surface area (Å²) in [5.74, 6) is 0. The average molecular weight is 432 g/mol. The summed E-state index contributed by atoms with van der Waals surface area (Å²) in [5.41, 5.74) is 6.10. The Labute approximate surface area is 178 Å². The quantitative estimate of drug-likeness (QED) is 0.423. The van der Waals surface area contributed by atoms with Crippen LogP contribution in [0.5, 0.6) is 0 Å². The molecule has 3 rings (SSSR count). The molecule has 1 unspecified atom stereocenters. The van der Waals surface area contributed by atoms with Crippen molar-refractivity contribution < 1.29 is 57.7 Å². The molecule has 0 nitrogen and oxygen atoms in total. The molecule has 0 bridgehead atoms. The van der Waals surface area contributed by atoms with E-state index >= 15 is 0 Å². The Bertz CT molecular complexity index is 703. The number of fused-ring (bicyclic) bond motifs is 1. The summed E-state index contributed by atoms with van der Waals surface area (Å²) in [6.07, 6.45) is 7.07. The topological polar surface area (TPSA) is 0 Å². The molecule has 0 amide bonds. The maximum Gasteiger partial charge on any atom is -1.00 e. The molecule has 0 fully saturated rings. The van der Waals surface area contributed by atoms with Gasteiger partial charge in [0.1, 0.15) is 0 Å². The van der Waals surface area contributed by atoms with Crippen molar-refractivity contribution in [1.29, 1.82) is 0 Å². The Morgan fingerprint density at radius 3 is 2.29 bits per heavy atom. The van der Waals surface area contributed by atoms with Gasteiger partial charge in [-0.25, -0.2) is 0 Å². The van der Waals surface area contributed by atoms with Crippen molar-refractivity contribution >= 4 is 20.8 Å². The zero-order valence-electron chi connectivity index (χ0n) is 14.0. The van der Waals surface area contributed by atoms with Gasteiger partial charge in [0.25, 0.3) is 0 Å². The van der Waals surface area contributed by atoms with Gasteiger partial charge in [0.2, 0.25) is 0 Å². The van der Waals surface area contributed by atoms with E-state index in [1.807, 2.05) is 0 Å². The fraction of sp³-hybridized carbons (Fsp3) is 0.263. The van der Waals surface area contributed by atoms with Gasteiger partial charge in [0.05, 0.1) is 0 Å². The van der Waals surface area contributed by atoms with Crippen molar-refractivity contribution in [2.24, 2.45) is 0 Å². The molecule has 0 aromatic heterocycles.